The Kier molecular flexibility index (Phi) is 3.19. The van der Waals surface area contributed by atoms with Crippen LogP contribution >= 0.6 is 0 Å². The van der Waals surface area contributed by atoms with E-state index in [4.69, 9.17) is 0 Å². The predicted octanol–water partition coefficient (Wildman–Crippen LogP) is 2.00. The monoisotopic (exact) mass is 235 g/mol. The topological polar surface area (TPSA) is 80.4 Å². The highest BCUT2D eigenvalue weighted by Crippen LogP contribution is 2.34. The SMILES string of the molecule is O=C1CCC[C@@H]1[C@@H](O)c1cccc([N+](=O)[O-])c1. The van der Waals surface area contributed by atoms with Crippen molar-refractivity contribution >= 4 is 11.5 Å². The highest BCUT2D eigenvalue weighted by Gasteiger charge is 2.32. The van der Waals surface area contributed by atoms with Crippen LogP contribution in [0.4, 0.5) is 5.69 Å². The lowest BCUT2D eigenvalue weighted by molar-refractivity contribution is -0.385. The maximum atomic E-state index is 11.5. The number of rotatable bonds is 3. The van der Waals surface area contributed by atoms with Gasteiger partial charge in [0.05, 0.1) is 11.0 Å². The molecular formula is C12H13NO4. The molecule has 0 unspecified atom stereocenters. The second-order valence-corrected chi connectivity index (χ2v) is 4.26. The number of carbonyl (C=O) groups is 1. The first-order chi connectivity index (χ1) is 8.09. The van der Waals surface area contributed by atoms with E-state index in [0.717, 1.165) is 6.42 Å². The van der Waals surface area contributed by atoms with Gasteiger partial charge in [0.2, 0.25) is 0 Å². The molecule has 5 heteroatoms. The molecule has 1 aromatic rings. The Bertz CT molecular complexity index is 458. The Morgan fingerprint density at radius 1 is 1.47 bits per heavy atom. The molecule has 1 saturated carbocycles. The molecule has 17 heavy (non-hydrogen) atoms. The Hall–Kier alpha value is -1.75. The highest BCUT2D eigenvalue weighted by molar-refractivity contribution is 5.83. The maximum Gasteiger partial charge on any atom is 0.269 e. The number of aliphatic hydroxyl groups excluding tert-OH is 1. The van der Waals surface area contributed by atoms with Gasteiger partial charge in [0.25, 0.3) is 5.69 Å². The van der Waals surface area contributed by atoms with Crippen molar-refractivity contribution in [1.29, 1.82) is 0 Å². The van der Waals surface area contributed by atoms with E-state index in [0.29, 0.717) is 18.4 Å². The summed E-state index contributed by atoms with van der Waals surface area (Å²) in [6.07, 6.45) is 1.01. The fraction of sp³-hybridized carbons (Fsp3) is 0.417. The number of non-ortho nitro benzene ring substituents is 1. The number of hydrogen-bond acceptors (Lipinski definition) is 4. The summed E-state index contributed by atoms with van der Waals surface area (Å²) in [6.45, 7) is 0. The number of ketones is 1. The second-order valence-electron chi connectivity index (χ2n) is 4.26. The maximum absolute atomic E-state index is 11.5. The van der Waals surface area contributed by atoms with Gasteiger partial charge < -0.3 is 5.11 Å². The molecule has 2 atom stereocenters. The van der Waals surface area contributed by atoms with E-state index >= 15 is 0 Å². The minimum absolute atomic E-state index is 0.0454. The molecule has 1 aliphatic carbocycles. The lowest BCUT2D eigenvalue weighted by Gasteiger charge is -2.16. The fourth-order valence-corrected chi connectivity index (χ4v) is 2.23. The standard InChI is InChI=1S/C12H13NO4/c14-11-6-2-5-10(11)12(15)8-3-1-4-9(7-8)13(16)17/h1,3-4,7,10,12,15H,2,5-6H2/t10-,12-/m0/s1. The number of nitrogens with zero attached hydrogens (tertiary/aromatic N) is 1. The van der Waals surface area contributed by atoms with E-state index in [2.05, 4.69) is 0 Å². The number of aliphatic hydroxyl groups is 1. The molecule has 1 N–H and O–H groups in total. The number of carbonyl (C=O) groups excluding carboxylic acids is 1. The Morgan fingerprint density at radius 2 is 2.24 bits per heavy atom. The van der Waals surface area contributed by atoms with Crippen LogP contribution in [-0.4, -0.2) is 15.8 Å². The van der Waals surface area contributed by atoms with Crippen LogP contribution in [0, 0.1) is 16.0 Å². The van der Waals surface area contributed by atoms with Crippen LogP contribution in [0.3, 0.4) is 0 Å². The first-order valence-electron chi connectivity index (χ1n) is 5.54. The zero-order valence-electron chi connectivity index (χ0n) is 9.20. The van der Waals surface area contributed by atoms with Crippen molar-refractivity contribution in [3.63, 3.8) is 0 Å². The second kappa shape index (κ2) is 4.63. The Balaban J connectivity index is 2.24. The van der Waals surface area contributed by atoms with Crippen molar-refractivity contribution in [2.24, 2.45) is 5.92 Å². The van der Waals surface area contributed by atoms with E-state index < -0.39 is 16.9 Å². The van der Waals surface area contributed by atoms with E-state index in [-0.39, 0.29) is 11.5 Å². The number of nitro benzene ring substituents is 1. The fourth-order valence-electron chi connectivity index (χ4n) is 2.23. The van der Waals surface area contributed by atoms with Crippen LogP contribution in [0.5, 0.6) is 0 Å². The molecule has 0 spiro atoms. The minimum atomic E-state index is -0.926. The Morgan fingerprint density at radius 3 is 2.82 bits per heavy atom. The normalized spacial score (nSPS) is 21.5. The van der Waals surface area contributed by atoms with Crippen LogP contribution in [-0.2, 0) is 4.79 Å². The van der Waals surface area contributed by atoms with Gasteiger partial charge in [0.1, 0.15) is 5.78 Å². The van der Waals surface area contributed by atoms with Gasteiger partial charge in [-0.3, -0.25) is 14.9 Å². The third-order valence-corrected chi connectivity index (χ3v) is 3.16. The molecule has 0 saturated heterocycles. The summed E-state index contributed by atoms with van der Waals surface area (Å²) in [7, 11) is 0. The number of hydrogen-bond donors (Lipinski definition) is 1. The van der Waals surface area contributed by atoms with Crippen LogP contribution in [0.2, 0.25) is 0 Å². The van der Waals surface area contributed by atoms with E-state index in [9.17, 15) is 20.0 Å². The van der Waals surface area contributed by atoms with Crippen molar-refractivity contribution in [2.75, 3.05) is 0 Å². The van der Waals surface area contributed by atoms with Crippen molar-refractivity contribution in [3.8, 4) is 0 Å². The van der Waals surface area contributed by atoms with Gasteiger partial charge in [-0.2, -0.15) is 0 Å². The van der Waals surface area contributed by atoms with Gasteiger partial charge in [-0.1, -0.05) is 12.1 Å². The van der Waals surface area contributed by atoms with Crippen molar-refractivity contribution in [2.45, 2.75) is 25.4 Å². The predicted molar refractivity (Wildman–Crippen MR) is 60.4 cm³/mol. The van der Waals surface area contributed by atoms with Crippen LogP contribution in [0.1, 0.15) is 30.9 Å². The van der Waals surface area contributed by atoms with Crippen LogP contribution in [0.15, 0.2) is 24.3 Å². The molecule has 0 aromatic heterocycles. The van der Waals surface area contributed by atoms with Crippen molar-refractivity contribution < 1.29 is 14.8 Å². The number of benzene rings is 1. The molecule has 0 heterocycles. The summed E-state index contributed by atoms with van der Waals surface area (Å²) >= 11 is 0. The summed E-state index contributed by atoms with van der Waals surface area (Å²) in [5.74, 6) is -0.360. The van der Waals surface area contributed by atoms with E-state index in [1.807, 2.05) is 0 Å². The van der Waals surface area contributed by atoms with Gasteiger partial charge in [-0.25, -0.2) is 0 Å². The molecule has 5 nitrogen and oxygen atoms in total. The first-order valence-corrected chi connectivity index (χ1v) is 5.54. The third-order valence-electron chi connectivity index (χ3n) is 3.16. The molecule has 1 fully saturated rings. The number of Topliss-reactive ketones (excluding diaryl/α,β-unsaturated/α-hetero) is 1. The first kappa shape index (κ1) is 11.7. The van der Waals surface area contributed by atoms with Gasteiger partial charge in [0.15, 0.2) is 0 Å². The summed E-state index contributed by atoms with van der Waals surface area (Å²) in [6, 6.07) is 5.84. The summed E-state index contributed by atoms with van der Waals surface area (Å²) in [5.41, 5.74) is 0.381. The van der Waals surface area contributed by atoms with Crippen LogP contribution < -0.4 is 0 Å². The average molecular weight is 235 g/mol. The minimum Gasteiger partial charge on any atom is -0.388 e. The molecule has 90 valence electrons. The molecule has 0 bridgehead atoms. The van der Waals surface area contributed by atoms with Crippen LogP contribution in [0.25, 0.3) is 0 Å². The molecule has 0 radical (unpaired) electrons. The third kappa shape index (κ3) is 2.34. The highest BCUT2D eigenvalue weighted by atomic mass is 16.6. The number of nitro groups is 1. The van der Waals surface area contributed by atoms with Crippen molar-refractivity contribution in [3.05, 3.63) is 39.9 Å². The molecular weight excluding hydrogens is 222 g/mol. The van der Waals surface area contributed by atoms with Gasteiger partial charge in [0, 0.05) is 24.5 Å². The molecule has 0 aliphatic heterocycles. The lowest BCUT2D eigenvalue weighted by Crippen LogP contribution is -2.16. The summed E-state index contributed by atoms with van der Waals surface area (Å²) in [5, 5.41) is 20.7. The average Bonchev–Trinajstić information content (AvgIpc) is 2.74. The molecule has 2 rings (SSSR count). The van der Waals surface area contributed by atoms with Gasteiger partial charge in [-0.05, 0) is 18.4 Å². The van der Waals surface area contributed by atoms with E-state index in [1.165, 1.54) is 18.2 Å². The molecule has 1 aromatic carbocycles. The van der Waals surface area contributed by atoms with Gasteiger partial charge >= 0.3 is 0 Å². The molecule has 1 aliphatic rings. The zero-order valence-corrected chi connectivity index (χ0v) is 9.20. The summed E-state index contributed by atoms with van der Waals surface area (Å²) < 4.78 is 0. The Labute approximate surface area is 98.2 Å². The lowest BCUT2D eigenvalue weighted by atomic mass is 9.93. The molecule has 0 amide bonds. The van der Waals surface area contributed by atoms with Crippen molar-refractivity contribution in [1.82, 2.24) is 0 Å². The van der Waals surface area contributed by atoms with E-state index in [1.54, 1.807) is 6.07 Å². The zero-order chi connectivity index (χ0) is 12.4. The quantitative estimate of drug-likeness (QED) is 0.641. The summed E-state index contributed by atoms with van der Waals surface area (Å²) in [4.78, 5) is 21.6. The smallest absolute Gasteiger partial charge is 0.269 e. The van der Waals surface area contributed by atoms with Gasteiger partial charge in [-0.15, -0.1) is 0 Å². The largest absolute Gasteiger partial charge is 0.388 e.